The van der Waals surface area contributed by atoms with Gasteiger partial charge in [-0.2, -0.15) is 0 Å². The predicted octanol–water partition coefficient (Wildman–Crippen LogP) is 3.30. The number of nitro groups is 1. The molecule has 3 rings (SSSR count). The number of non-ortho nitro benzene ring substituents is 1. The van der Waals surface area contributed by atoms with Crippen LogP contribution >= 0.6 is 0 Å². The van der Waals surface area contributed by atoms with Crippen LogP contribution in [0.5, 0.6) is 0 Å². The van der Waals surface area contributed by atoms with Crippen molar-refractivity contribution in [1.82, 2.24) is 9.78 Å². The molecule has 0 amide bonds. The number of hydrogen-bond acceptors (Lipinski definition) is 5. The third-order valence-electron chi connectivity index (χ3n) is 4.22. The van der Waals surface area contributed by atoms with Gasteiger partial charge < -0.3 is 5.32 Å². The molecule has 0 atom stereocenters. The quantitative estimate of drug-likeness (QED) is 0.271. The highest BCUT2D eigenvalue weighted by Crippen LogP contribution is 2.15. The molecule has 8 nitrogen and oxygen atoms in total. The molecule has 0 radical (unpaired) electrons. The largest absolute Gasteiger partial charge is 0.385 e. The van der Waals surface area contributed by atoms with E-state index < -0.39 is 4.92 Å². The highest BCUT2D eigenvalue weighted by atomic mass is 16.6. The number of aliphatic imine (C=N–C) groups is 1. The summed E-state index contributed by atoms with van der Waals surface area (Å²) in [6.45, 7) is 3.09. The lowest BCUT2D eigenvalue weighted by molar-refractivity contribution is -0.384. The number of aromatic nitrogens is 2. The number of nitrogens with one attached hydrogen (secondary N) is 2. The van der Waals surface area contributed by atoms with E-state index in [1.807, 2.05) is 37.3 Å². The van der Waals surface area contributed by atoms with Crippen molar-refractivity contribution in [2.75, 3.05) is 18.4 Å². The normalized spacial score (nSPS) is 11.0. The Kier molecular flexibility index (Phi) is 6.01. The molecular weight excluding hydrogens is 358 g/mol. The van der Waals surface area contributed by atoms with Gasteiger partial charge in [-0.25, -0.2) is 4.68 Å². The van der Waals surface area contributed by atoms with Gasteiger partial charge in [0.05, 0.1) is 16.2 Å². The molecule has 0 aliphatic carbocycles. The number of aryl methyl sites for hydroxylation is 1. The number of H-pyrrole nitrogens is 1. The van der Waals surface area contributed by atoms with Gasteiger partial charge in [0.25, 0.3) is 11.2 Å². The van der Waals surface area contributed by atoms with Crippen LogP contribution < -0.4 is 10.9 Å². The molecule has 0 saturated heterocycles. The standard InChI is InChI=1S/C20H21N5O3/c1-15-19(20(26)24(23-15)17-6-3-2-4-7-17)14-21-12-5-13-22-16-8-10-18(11-9-16)25(27)28/h2-4,6-11,14,22-23H,5,12-13H2,1H3. The number of nitrogens with zero attached hydrogens (tertiary/aromatic N) is 3. The first-order valence-electron chi connectivity index (χ1n) is 8.91. The molecule has 1 aromatic heterocycles. The van der Waals surface area contributed by atoms with E-state index >= 15 is 0 Å². The molecule has 0 fully saturated rings. The summed E-state index contributed by atoms with van der Waals surface area (Å²) >= 11 is 0. The summed E-state index contributed by atoms with van der Waals surface area (Å²) < 4.78 is 1.51. The Morgan fingerprint density at radius 2 is 1.89 bits per heavy atom. The maximum atomic E-state index is 12.6. The van der Waals surface area contributed by atoms with Crippen LogP contribution in [0.3, 0.4) is 0 Å². The van der Waals surface area contributed by atoms with E-state index in [-0.39, 0.29) is 11.2 Å². The van der Waals surface area contributed by atoms with E-state index in [0.29, 0.717) is 18.7 Å². The average Bonchev–Trinajstić information content (AvgIpc) is 2.99. The van der Waals surface area contributed by atoms with Crippen molar-refractivity contribution in [2.24, 2.45) is 4.99 Å². The maximum Gasteiger partial charge on any atom is 0.280 e. The Bertz CT molecular complexity index is 1020. The first-order chi connectivity index (χ1) is 13.6. The SMILES string of the molecule is Cc1[nH]n(-c2ccccc2)c(=O)c1C=NCCCNc1ccc([N+](=O)[O-])cc1. The van der Waals surface area contributed by atoms with E-state index in [1.54, 1.807) is 18.3 Å². The van der Waals surface area contributed by atoms with E-state index in [9.17, 15) is 14.9 Å². The van der Waals surface area contributed by atoms with Crippen molar-refractivity contribution in [2.45, 2.75) is 13.3 Å². The molecule has 0 saturated carbocycles. The fourth-order valence-electron chi connectivity index (χ4n) is 2.73. The van der Waals surface area contributed by atoms with E-state index in [2.05, 4.69) is 15.4 Å². The lowest BCUT2D eigenvalue weighted by Gasteiger charge is -2.04. The van der Waals surface area contributed by atoms with E-state index in [1.165, 1.54) is 16.8 Å². The van der Waals surface area contributed by atoms with Crippen LogP contribution in [0.1, 0.15) is 17.7 Å². The summed E-state index contributed by atoms with van der Waals surface area (Å²) in [7, 11) is 0. The van der Waals surface area contributed by atoms with Crippen LogP contribution in [0.15, 0.2) is 64.4 Å². The minimum Gasteiger partial charge on any atom is -0.385 e. The molecule has 0 bridgehead atoms. The molecule has 0 spiro atoms. The van der Waals surface area contributed by atoms with Crippen LogP contribution in [0.4, 0.5) is 11.4 Å². The molecule has 144 valence electrons. The van der Waals surface area contributed by atoms with Gasteiger partial charge in [-0.3, -0.25) is 25.0 Å². The van der Waals surface area contributed by atoms with Gasteiger partial charge in [-0.1, -0.05) is 18.2 Å². The van der Waals surface area contributed by atoms with Gasteiger partial charge in [0, 0.05) is 42.8 Å². The van der Waals surface area contributed by atoms with Gasteiger partial charge in [0.15, 0.2) is 0 Å². The summed E-state index contributed by atoms with van der Waals surface area (Å²) in [6, 6.07) is 15.7. The maximum absolute atomic E-state index is 12.6. The summed E-state index contributed by atoms with van der Waals surface area (Å²) in [4.78, 5) is 27.1. The van der Waals surface area contributed by atoms with Crippen molar-refractivity contribution in [3.63, 3.8) is 0 Å². The number of aromatic amines is 1. The summed E-state index contributed by atoms with van der Waals surface area (Å²) in [5.74, 6) is 0. The molecule has 1 heterocycles. The van der Waals surface area contributed by atoms with Gasteiger partial charge in [0.2, 0.25) is 0 Å². The monoisotopic (exact) mass is 379 g/mol. The van der Waals surface area contributed by atoms with Crippen LogP contribution in [0, 0.1) is 17.0 Å². The molecule has 3 aromatic rings. The van der Waals surface area contributed by atoms with Gasteiger partial charge in [-0.05, 0) is 37.6 Å². The van der Waals surface area contributed by atoms with Crippen molar-refractivity contribution < 1.29 is 4.92 Å². The van der Waals surface area contributed by atoms with Gasteiger partial charge in [-0.15, -0.1) is 0 Å². The molecule has 28 heavy (non-hydrogen) atoms. The Morgan fingerprint density at radius 1 is 1.18 bits per heavy atom. The lowest BCUT2D eigenvalue weighted by Crippen LogP contribution is -2.17. The minimum atomic E-state index is -0.423. The van der Waals surface area contributed by atoms with Crippen LogP contribution in [-0.4, -0.2) is 34.0 Å². The first kappa shape index (κ1) is 19.1. The van der Waals surface area contributed by atoms with Crippen molar-refractivity contribution in [1.29, 1.82) is 0 Å². The highest BCUT2D eigenvalue weighted by Gasteiger charge is 2.10. The molecule has 0 aliphatic heterocycles. The summed E-state index contributed by atoms with van der Waals surface area (Å²) in [5, 5.41) is 16.9. The molecule has 0 unspecified atom stereocenters. The number of hydrogen-bond donors (Lipinski definition) is 2. The molecule has 2 aromatic carbocycles. The van der Waals surface area contributed by atoms with Crippen LogP contribution in [-0.2, 0) is 0 Å². The third-order valence-corrected chi connectivity index (χ3v) is 4.22. The smallest absolute Gasteiger partial charge is 0.280 e. The molecule has 0 aliphatic rings. The summed E-state index contributed by atoms with van der Waals surface area (Å²) in [6.07, 6.45) is 2.38. The second-order valence-electron chi connectivity index (χ2n) is 6.25. The van der Waals surface area contributed by atoms with Gasteiger partial charge in [0.1, 0.15) is 0 Å². The van der Waals surface area contributed by atoms with Crippen LogP contribution in [0.2, 0.25) is 0 Å². The second kappa shape index (κ2) is 8.81. The molecular formula is C20H21N5O3. The number of anilines is 1. The number of para-hydroxylation sites is 1. The lowest BCUT2D eigenvalue weighted by atomic mass is 10.2. The van der Waals surface area contributed by atoms with Gasteiger partial charge >= 0.3 is 0 Å². The fraction of sp³-hybridized carbons (Fsp3) is 0.200. The number of nitro benzene ring substituents is 1. The van der Waals surface area contributed by atoms with Crippen LogP contribution in [0.25, 0.3) is 5.69 Å². The Morgan fingerprint density at radius 3 is 2.57 bits per heavy atom. The Balaban J connectivity index is 1.52. The number of benzene rings is 2. The Labute approximate surface area is 161 Å². The van der Waals surface area contributed by atoms with E-state index in [4.69, 9.17) is 0 Å². The van der Waals surface area contributed by atoms with Crippen molar-refractivity contribution in [3.05, 3.63) is 86.3 Å². The topological polar surface area (TPSA) is 105 Å². The third kappa shape index (κ3) is 4.53. The highest BCUT2D eigenvalue weighted by molar-refractivity contribution is 5.80. The average molecular weight is 379 g/mol. The fourth-order valence-corrected chi connectivity index (χ4v) is 2.73. The van der Waals surface area contributed by atoms with Crippen molar-refractivity contribution >= 4 is 17.6 Å². The zero-order valence-electron chi connectivity index (χ0n) is 15.5. The predicted molar refractivity (Wildman–Crippen MR) is 110 cm³/mol. The van der Waals surface area contributed by atoms with E-state index in [0.717, 1.165) is 23.5 Å². The Hall–Kier alpha value is -3.68. The summed E-state index contributed by atoms with van der Waals surface area (Å²) in [5.41, 5.74) is 2.85. The van der Waals surface area contributed by atoms with Crippen molar-refractivity contribution in [3.8, 4) is 5.69 Å². The molecule has 8 heteroatoms. The minimum absolute atomic E-state index is 0.0678. The zero-order valence-corrected chi connectivity index (χ0v) is 15.5. The first-order valence-corrected chi connectivity index (χ1v) is 8.91. The zero-order chi connectivity index (χ0) is 19.9. The number of rotatable bonds is 8. The molecule has 2 N–H and O–H groups in total. The second-order valence-corrected chi connectivity index (χ2v) is 6.25.